The molecule has 6 rings (SSSR count). The zero-order valence-corrected chi connectivity index (χ0v) is 22.7. The molecule has 1 aliphatic rings. The number of benzene rings is 2. The van der Waals surface area contributed by atoms with E-state index in [9.17, 15) is 4.79 Å². The van der Waals surface area contributed by atoms with Crippen LogP contribution in [0, 0.1) is 0 Å². The maximum Gasteiger partial charge on any atom is 0.321 e. The first-order chi connectivity index (χ1) is 20.0. The molecule has 208 valence electrons. The molecular weight excluding hydrogens is 518 g/mol. The molecule has 4 heterocycles. The van der Waals surface area contributed by atoms with Crippen LogP contribution in [0.4, 0.5) is 22.4 Å². The number of hydrogen-bond donors (Lipinski definition) is 3. The molecule has 0 aliphatic carbocycles. The highest BCUT2D eigenvalue weighted by Gasteiger charge is 2.27. The number of fused-ring (bicyclic) bond motifs is 1. The van der Waals surface area contributed by atoms with Crippen LogP contribution >= 0.6 is 0 Å². The van der Waals surface area contributed by atoms with E-state index in [4.69, 9.17) is 10.7 Å². The predicted octanol–water partition coefficient (Wildman–Crippen LogP) is 3.50. The minimum atomic E-state index is -0.0702. The second kappa shape index (κ2) is 11.6. The summed E-state index contributed by atoms with van der Waals surface area (Å²) in [5.41, 5.74) is 9.93. The van der Waals surface area contributed by atoms with Gasteiger partial charge >= 0.3 is 6.03 Å². The SMILES string of the molecule is CN1CCN(C(=O)Nc2ccccc2)CC1CCNc1nccc(-n2cnc3cc(-c4ccnc(N)n4)ccc32)n1. The van der Waals surface area contributed by atoms with E-state index in [0.29, 0.717) is 31.4 Å². The number of likely N-dealkylation sites (N-methyl/N-ethyl adjacent to an activating group) is 1. The number of amides is 2. The molecule has 1 saturated heterocycles. The van der Waals surface area contributed by atoms with Crippen molar-refractivity contribution < 1.29 is 4.79 Å². The molecule has 2 aromatic carbocycles. The number of anilines is 3. The fraction of sp³-hybridized carbons (Fsp3) is 0.241. The van der Waals surface area contributed by atoms with Crippen molar-refractivity contribution in [3.63, 3.8) is 0 Å². The molecule has 4 N–H and O–H groups in total. The maximum absolute atomic E-state index is 12.8. The van der Waals surface area contributed by atoms with Gasteiger partial charge < -0.3 is 21.3 Å². The number of para-hydroxylation sites is 1. The molecule has 12 nitrogen and oxygen atoms in total. The minimum absolute atomic E-state index is 0.0702. The Morgan fingerprint density at radius 2 is 1.85 bits per heavy atom. The summed E-state index contributed by atoms with van der Waals surface area (Å²) >= 11 is 0. The zero-order chi connectivity index (χ0) is 28.2. The Kier molecular flexibility index (Phi) is 7.37. The van der Waals surface area contributed by atoms with Gasteiger partial charge in [0.1, 0.15) is 12.1 Å². The smallest absolute Gasteiger partial charge is 0.321 e. The number of hydrogen-bond acceptors (Lipinski definition) is 9. The molecule has 1 unspecified atom stereocenters. The standard InChI is InChI=1S/C29H31N11O/c1-38-15-16-39(29(41)35-21-5-3-2-4-6-21)18-22(38)9-12-32-28-33-14-11-26(37-28)40-19-34-24-17-20(7-8-25(24)40)23-10-13-31-27(30)36-23/h2-8,10-11,13-14,17,19,22H,9,12,15-16,18H2,1H3,(H,35,41)(H2,30,31,36)(H,32,33,37). The van der Waals surface area contributed by atoms with Gasteiger partial charge in [0.05, 0.1) is 16.7 Å². The van der Waals surface area contributed by atoms with Gasteiger partial charge in [-0.15, -0.1) is 0 Å². The van der Waals surface area contributed by atoms with Crippen LogP contribution in [-0.2, 0) is 0 Å². The van der Waals surface area contributed by atoms with Gasteiger partial charge in [-0.05, 0) is 49.9 Å². The van der Waals surface area contributed by atoms with Gasteiger partial charge in [-0.25, -0.2) is 24.7 Å². The lowest BCUT2D eigenvalue weighted by Gasteiger charge is -2.39. The van der Waals surface area contributed by atoms with Gasteiger partial charge in [0.15, 0.2) is 0 Å². The third kappa shape index (κ3) is 5.92. The Morgan fingerprint density at radius 1 is 1.00 bits per heavy atom. The Hall–Kier alpha value is -5.10. The van der Waals surface area contributed by atoms with Crippen LogP contribution in [-0.4, -0.2) is 84.6 Å². The van der Waals surface area contributed by atoms with Crippen LogP contribution < -0.4 is 16.4 Å². The number of aromatic nitrogens is 6. The van der Waals surface area contributed by atoms with Crippen molar-refractivity contribution in [3.8, 4) is 17.1 Å². The number of nitrogens with one attached hydrogen (secondary N) is 2. The molecule has 2 amide bonds. The number of carbonyl (C=O) groups is 1. The molecule has 12 heteroatoms. The monoisotopic (exact) mass is 549 g/mol. The molecule has 41 heavy (non-hydrogen) atoms. The summed E-state index contributed by atoms with van der Waals surface area (Å²) in [4.78, 5) is 39.0. The number of urea groups is 1. The Bertz CT molecular complexity index is 1660. The van der Waals surface area contributed by atoms with Gasteiger partial charge in [0.25, 0.3) is 0 Å². The average molecular weight is 550 g/mol. The third-order valence-corrected chi connectivity index (χ3v) is 7.25. The first-order valence-electron chi connectivity index (χ1n) is 13.5. The van der Waals surface area contributed by atoms with Gasteiger partial charge in [-0.3, -0.25) is 9.47 Å². The quantitative estimate of drug-likeness (QED) is 0.278. The van der Waals surface area contributed by atoms with Crippen LogP contribution in [0.2, 0.25) is 0 Å². The Morgan fingerprint density at radius 3 is 2.71 bits per heavy atom. The van der Waals surface area contributed by atoms with E-state index < -0.39 is 0 Å². The van der Waals surface area contributed by atoms with Crippen molar-refractivity contribution >= 4 is 34.6 Å². The molecular formula is C29H31N11O. The van der Waals surface area contributed by atoms with Crippen molar-refractivity contribution in [2.45, 2.75) is 12.5 Å². The Balaban J connectivity index is 1.09. The number of nitrogens with zero attached hydrogens (tertiary/aromatic N) is 8. The van der Waals surface area contributed by atoms with Gasteiger partial charge in [0.2, 0.25) is 11.9 Å². The maximum atomic E-state index is 12.8. The van der Waals surface area contributed by atoms with Crippen molar-refractivity contribution in [3.05, 3.63) is 79.4 Å². The minimum Gasteiger partial charge on any atom is -0.368 e. The molecule has 1 atom stereocenters. The highest BCUT2D eigenvalue weighted by Crippen LogP contribution is 2.24. The highest BCUT2D eigenvalue weighted by atomic mass is 16.2. The number of nitrogen functional groups attached to an aromatic ring is 1. The molecule has 3 aromatic heterocycles. The average Bonchev–Trinajstić information content (AvgIpc) is 3.42. The summed E-state index contributed by atoms with van der Waals surface area (Å²) in [6.07, 6.45) is 5.96. The largest absolute Gasteiger partial charge is 0.368 e. The molecule has 1 fully saturated rings. The fourth-order valence-corrected chi connectivity index (χ4v) is 4.97. The van der Waals surface area contributed by atoms with Crippen LogP contribution in [0.3, 0.4) is 0 Å². The van der Waals surface area contributed by atoms with Gasteiger partial charge in [0, 0.05) is 55.9 Å². The summed E-state index contributed by atoms with van der Waals surface area (Å²) in [6.45, 7) is 2.84. The first-order valence-corrected chi connectivity index (χ1v) is 13.5. The molecule has 0 saturated carbocycles. The lowest BCUT2D eigenvalue weighted by Crippen LogP contribution is -2.54. The molecule has 1 aliphatic heterocycles. The number of rotatable bonds is 7. The molecule has 0 spiro atoms. The normalized spacial score (nSPS) is 15.6. The summed E-state index contributed by atoms with van der Waals surface area (Å²) < 4.78 is 1.93. The molecule has 0 bridgehead atoms. The van der Waals surface area contributed by atoms with E-state index in [0.717, 1.165) is 40.9 Å². The first kappa shape index (κ1) is 26.1. The zero-order valence-electron chi connectivity index (χ0n) is 22.7. The van der Waals surface area contributed by atoms with E-state index in [1.807, 2.05) is 70.1 Å². The number of imidazole rings is 1. The third-order valence-electron chi connectivity index (χ3n) is 7.25. The van der Waals surface area contributed by atoms with E-state index in [2.05, 4.69) is 42.5 Å². The van der Waals surface area contributed by atoms with Crippen molar-refractivity contribution in [2.75, 3.05) is 49.6 Å². The fourth-order valence-electron chi connectivity index (χ4n) is 4.97. The van der Waals surface area contributed by atoms with Crippen LogP contribution in [0.1, 0.15) is 6.42 Å². The molecule has 0 radical (unpaired) electrons. The van der Waals surface area contributed by atoms with E-state index >= 15 is 0 Å². The summed E-state index contributed by atoms with van der Waals surface area (Å²) in [6, 6.07) is 19.3. The van der Waals surface area contributed by atoms with Gasteiger partial charge in [-0.2, -0.15) is 4.98 Å². The second-order valence-corrected chi connectivity index (χ2v) is 9.95. The number of nitrogens with two attached hydrogens (primary N) is 1. The van der Waals surface area contributed by atoms with E-state index in [-0.39, 0.29) is 18.0 Å². The predicted molar refractivity (Wildman–Crippen MR) is 159 cm³/mol. The number of carbonyl (C=O) groups excluding carboxylic acids is 1. The van der Waals surface area contributed by atoms with Crippen LogP contribution in [0.25, 0.3) is 28.1 Å². The van der Waals surface area contributed by atoms with E-state index in [1.165, 1.54) is 0 Å². The van der Waals surface area contributed by atoms with Crippen molar-refractivity contribution in [1.82, 2.24) is 39.3 Å². The van der Waals surface area contributed by atoms with Gasteiger partial charge in [-0.1, -0.05) is 24.3 Å². The van der Waals surface area contributed by atoms with E-state index in [1.54, 1.807) is 18.7 Å². The number of piperazine rings is 1. The van der Waals surface area contributed by atoms with Crippen LogP contribution in [0.15, 0.2) is 79.4 Å². The second-order valence-electron chi connectivity index (χ2n) is 9.95. The van der Waals surface area contributed by atoms with Crippen molar-refractivity contribution in [1.29, 1.82) is 0 Å². The summed E-state index contributed by atoms with van der Waals surface area (Å²) in [5, 5.41) is 6.34. The van der Waals surface area contributed by atoms with Crippen molar-refractivity contribution in [2.24, 2.45) is 0 Å². The highest BCUT2D eigenvalue weighted by molar-refractivity contribution is 5.89. The lowest BCUT2D eigenvalue weighted by molar-refractivity contribution is 0.113. The topological polar surface area (TPSA) is 143 Å². The summed E-state index contributed by atoms with van der Waals surface area (Å²) in [5.74, 6) is 1.48. The summed E-state index contributed by atoms with van der Waals surface area (Å²) in [7, 11) is 2.10. The van der Waals surface area contributed by atoms with Crippen LogP contribution in [0.5, 0.6) is 0 Å². The molecule has 5 aromatic rings. The lowest BCUT2D eigenvalue weighted by atomic mass is 10.1. The Labute approximate surface area is 237 Å².